The second kappa shape index (κ2) is 4.79. The van der Waals surface area contributed by atoms with Crippen LogP contribution in [-0.4, -0.2) is 29.4 Å². The van der Waals surface area contributed by atoms with Crippen LogP contribution in [0.5, 0.6) is 0 Å². The Morgan fingerprint density at radius 1 is 1.27 bits per heavy atom. The van der Waals surface area contributed by atoms with E-state index < -0.39 is 0 Å². The molecule has 0 aromatic carbocycles. The van der Waals surface area contributed by atoms with E-state index in [0.717, 1.165) is 19.4 Å². The Morgan fingerprint density at radius 3 is 2.80 bits per heavy atom. The lowest BCUT2D eigenvalue weighted by atomic mass is 9.94. The maximum atomic E-state index is 11.4. The number of amides is 1. The largest absolute Gasteiger partial charge is 0.368 e. The van der Waals surface area contributed by atoms with E-state index in [1.165, 1.54) is 25.7 Å². The van der Waals surface area contributed by atoms with Crippen molar-refractivity contribution in [3.8, 4) is 0 Å². The molecule has 3 heteroatoms. The molecule has 0 unspecified atom stereocenters. The number of primary amides is 1. The zero-order valence-corrected chi connectivity index (χ0v) is 9.19. The van der Waals surface area contributed by atoms with Crippen LogP contribution in [0, 0.1) is 0 Å². The number of carbonyl (C=O) groups excluding carboxylic acids is 1. The number of hydrogen-bond donors (Lipinski definition) is 1. The molecular formula is C12H20N2O. The molecule has 2 atom stereocenters. The van der Waals surface area contributed by atoms with Crippen LogP contribution in [0.3, 0.4) is 0 Å². The Hall–Kier alpha value is -0.830. The van der Waals surface area contributed by atoms with Gasteiger partial charge < -0.3 is 5.73 Å². The highest BCUT2D eigenvalue weighted by atomic mass is 16.1. The highest BCUT2D eigenvalue weighted by Crippen LogP contribution is 2.24. The van der Waals surface area contributed by atoms with E-state index in [9.17, 15) is 4.79 Å². The topological polar surface area (TPSA) is 46.3 Å². The summed E-state index contributed by atoms with van der Waals surface area (Å²) in [7, 11) is 0. The van der Waals surface area contributed by atoms with Crippen molar-refractivity contribution in [1.82, 2.24) is 4.90 Å². The summed E-state index contributed by atoms with van der Waals surface area (Å²) in [6.45, 7) is 1.03. The van der Waals surface area contributed by atoms with Gasteiger partial charge in [-0.05, 0) is 38.6 Å². The minimum Gasteiger partial charge on any atom is -0.368 e. The van der Waals surface area contributed by atoms with Crippen molar-refractivity contribution in [2.45, 2.75) is 50.6 Å². The molecule has 0 radical (unpaired) electrons. The van der Waals surface area contributed by atoms with Gasteiger partial charge in [0, 0.05) is 6.04 Å². The first-order chi connectivity index (χ1) is 7.29. The van der Waals surface area contributed by atoms with Crippen LogP contribution in [0.4, 0.5) is 0 Å². The molecule has 0 spiro atoms. The van der Waals surface area contributed by atoms with E-state index in [1.54, 1.807) is 0 Å². The summed E-state index contributed by atoms with van der Waals surface area (Å²) in [5, 5.41) is 0. The number of hydrogen-bond acceptors (Lipinski definition) is 2. The monoisotopic (exact) mass is 208 g/mol. The van der Waals surface area contributed by atoms with Gasteiger partial charge in [-0.2, -0.15) is 0 Å². The van der Waals surface area contributed by atoms with Crippen LogP contribution in [0.2, 0.25) is 0 Å². The van der Waals surface area contributed by atoms with Crippen LogP contribution >= 0.6 is 0 Å². The summed E-state index contributed by atoms with van der Waals surface area (Å²) < 4.78 is 0. The van der Waals surface area contributed by atoms with Crippen molar-refractivity contribution >= 4 is 5.91 Å². The van der Waals surface area contributed by atoms with Gasteiger partial charge in [0.15, 0.2) is 0 Å². The van der Waals surface area contributed by atoms with E-state index in [2.05, 4.69) is 17.1 Å². The maximum Gasteiger partial charge on any atom is 0.234 e. The van der Waals surface area contributed by atoms with Crippen molar-refractivity contribution in [1.29, 1.82) is 0 Å². The van der Waals surface area contributed by atoms with E-state index in [-0.39, 0.29) is 11.9 Å². The molecule has 0 aromatic rings. The summed E-state index contributed by atoms with van der Waals surface area (Å²) in [5.41, 5.74) is 5.46. The van der Waals surface area contributed by atoms with Gasteiger partial charge in [0.1, 0.15) is 0 Å². The van der Waals surface area contributed by atoms with Crippen LogP contribution < -0.4 is 5.73 Å². The molecular weight excluding hydrogens is 188 g/mol. The molecule has 1 aliphatic heterocycles. The molecule has 2 aliphatic rings. The van der Waals surface area contributed by atoms with Crippen LogP contribution in [-0.2, 0) is 4.79 Å². The van der Waals surface area contributed by atoms with Gasteiger partial charge in [0.2, 0.25) is 5.91 Å². The third kappa shape index (κ3) is 2.40. The number of carbonyl (C=O) groups is 1. The number of likely N-dealkylation sites (tertiary alicyclic amines) is 1. The molecule has 84 valence electrons. The average Bonchev–Trinajstić information content (AvgIpc) is 2.30. The van der Waals surface area contributed by atoms with Gasteiger partial charge in [-0.25, -0.2) is 0 Å². The Kier molecular flexibility index (Phi) is 3.41. The van der Waals surface area contributed by atoms with Gasteiger partial charge in [0.25, 0.3) is 0 Å². The molecule has 3 nitrogen and oxygen atoms in total. The molecule has 1 aliphatic carbocycles. The van der Waals surface area contributed by atoms with Crippen LogP contribution in [0.15, 0.2) is 12.2 Å². The molecule has 1 saturated heterocycles. The van der Waals surface area contributed by atoms with Gasteiger partial charge in [-0.3, -0.25) is 9.69 Å². The first-order valence-corrected chi connectivity index (χ1v) is 6.01. The number of nitrogens with two attached hydrogens (primary N) is 1. The Morgan fingerprint density at radius 2 is 2.13 bits per heavy atom. The van der Waals surface area contributed by atoms with E-state index in [1.807, 2.05) is 0 Å². The Bertz CT molecular complexity index is 262. The lowest BCUT2D eigenvalue weighted by molar-refractivity contribution is -0.125. The lowest BCUT2D eigenvalue weighted by Crippen LogP contribution is -2.52. The summed E-state index contributed by atoms with van der Waals surface area (Å²) in [4.78, 5) is 13.7. The highest BCUT2D eigenvalue weighted by molar-refractivity contribution is 5.80. The lowest BCUT2D eigenvalue weighted by Gasteiger charge is -2.39. The predicted molar refractivity (Wildman–Crippen MR) is 60.3 cm³/mol. The zero-order valence-electron chi connectivity index (χ0n) is 9.19. The fourth-order valence-electron chi connectivity index (χ4n) is 2.73. The highest BCUT2D eigenvalue weighted by Gasteiger charge is 2.31. The average molecular weight is 208 g/mol. The predicted octanol–water partition coefficient (Wildman–Crippen LogP) is 1.43. The third-order valence-corrected chi connectivity index (χ3v) is 3.53. The minimum absolute atomic E-state index is 0.0218. The summed E-state index contributed by atoms with van der Waals surface area (Å²) in [6, 6.07) is 0.433. The van der Waals surface area contributed by atoms with Crippen molar-refractivity contribution in [3.05, 3.63) is 12.2 Å². The summed E-state index contributed by atoms with van der Waals surface area (Å²) >= 11 is 0. The fourth-order valence-corrected chi connectivity index (χ4v) is 2.73. The first kappa shape index (κ1) is 10.7. The molecule has 1 fully saturated rings. The van der Waals surface area contributed by atoms with Crippen molar-refractivity contribution in [3.63, 3.8) is 0 Å². The van der Waals surface area contributed by atoms with Crippen molar-refractivity contribution < 1.29 is 4.79 Å². The molecule has 0 aromatic heterocycles. The second-order valence-electron chi connectivity index (χ2n) is 4.58. The number of nitrogens with zero attached hydrogens (tertiary/aromatic N) is 1. The van der Waals surface area contributed by atoms with E-state index in [4.69, 9.17) is 5.73 Å². The molecule has 15 heavy (non-hydrogen) atoms. The molecule has 1 amide bonds. The van der Waals surface area contributed by atoms with Gasteiger partial charge >= 0.3 is 0 Å². The van der Waals surface area contributed by atoms with Gasteiger partial charge in [-0.15, -0.1) is 0 Å². The standard InChI is InChI=1S/C12H20N2O/c13-12(15)11-8-4-5-9-14(11)10-6-2-1-3-7-10/h2,6,10-11H,1,3-5,7-9H2,(H2,13,15)/t10-,11+/m0/s1. The maximum absolute atomic E-state index is 11.4. The molecule has 0 bridgehead atoms. The fraction of sp³-hybridized carbons (Fsp3) is 0.750. The molecule has 1 heterocycles. The van der Waals surface area contributed by atoms with Gasteiger partial charge in [-0.1, -0.05) is 18.6 Å². The minimum atomic E-state index is -0.145. The number of rotatable bonds is 2. The molecule has 2 N–H and O–H groups in total. The Labute approximate surface area is 91.3 Å². The Balaban J connectivity index is 2.06. The quantitative estimate of drug-likeness (QED) is 0.698. The normalized spacial score (nSPS) is 32.8. The van der Waals surface area contributed by atoms with Crippen LogP contribution in [0.1, 0.15) is 38.5 Å². The van der Waals surface area contributed by atoms with E-state index >= 15 is 0 Å². The van der Waals surface area contributed by atoms with Crippen LogP contribution in [0.25, 0.3) is 0 Å². The molecule has 0 saturated carbocycles. The van der Waals surface area contributed by atoms with Gasteiger partial charge in [0.05, 0.1) is 6.04 Å². The second-order valence-corrected chi connectivity index (χ2v) is 4.58. The summed E-state index contributed by atoms with van der Waals surface area (Å²) in [5.74, 6) is -0.145. The van der Waals surface area contributed by atoms with E-state index in [0.29, 0.717) is 6.04 Å². The SMILES string of the molecule is NC(=O)[C@H]1CCCCN1[C@H]1C=CCCC1. The third-order valence-electron chi connectivity index (χ3n) is 3.53. The summed E-state index contributed by atoms with van der Waals surface area (Å²) in [6.07, 6.45) is 11.4. The number of piperidine rings is 1. The zero-order chi connectivity index (χ0) is 10.7. The van der Waals surface area contributed by atoms with Crippen molar-refractivity contribution in [2.24, 2.45) is 5.73 Å². The molecule has 2 rings (SSSR count). The van der Waals surface area contributed by atoms with Crippen molar-refractivity contribution in [2.75, 3.05) is 6.54 Å². The number of allylic oxidation sites excluding steroid dienone is 1. The first-order valence-electron chi connectivity index (χ1n) is 6.01. The smallest absolute Gasteiger partial charge is 0.234 e.